The summed E-state index contributed by atoms with van der Waals surface area (Å²) in [7, 11) is 0. The summed E-state index contributed by atoms with van der Waals surface area (Å²) in [4.78, 5) is 0. The second-order valence-electron chi connectivity index (χ2n) is 2.30. The van der Waals surface area contributed by atoms with Gasteiger partial charge in [-0.1, -0.05) is 0 Å². The van der Waals surface area contributed by atoms with Crippen LogP contribution in [-0.2, 0) is 13.0 Å². The van der Waals surface area contributed by atoms with Crippen molar-refractivity contribution >= 4 is 23.9 Å². The number of furan rings is 1. The third-order valence-corrected chi connectivity index (χ3v) is 1.68. The molecule has 2 nitrogen and oxygen atoms in total. The van der Waals surface area contributed by atoms with E-state index in [-0.39, 0.29) is 23.9 Å². The van der Waals surface area contributed by atoms with Crippen LogP contribution in [0.15, 0.2) is 16.7 Å². The summed E-state index contributed by atoms with van der Waals surface area (Å²) in [5, 5.41) is 3.27. The second-order valence-corrected chi connectivity index (χ2v) is 2.30. The fraction of sp³-hybridized carbons (Fsp3) is 0.429. The van der Waals surface area contributed by atoms with E-state index < -0.39 is 0 Å². The molecule has 0 aromatic carbocycles. The van der Waals surface area contributed by atoms with E-state index >= 15 is 0 Å². The largest absolute Gasteiger partial charge is 0.469 e. The van der Waals surface area contributed by atoms with Crippen molar-refractivity contribution in [3.8, 4) is 0 Å². The van der Waals surface area contributed by atoms with E-state index in [1.54, 1.807) is 6.26 Å². The van der Waals surface area contributed by atoms with Crippen LogP contribution in [0.3, 0.4) is 0 Å². The second kappa shape index (κ2) is 3.44. The van der Waals surface area contributed by atoms with Gasteiger partial charge < -0.3 is 9.73 Å². The molecule has 0 saturated carbocycles. The maximum absolute atomic E-state index is 5.22. The molecule has 0 fully saturated rings. The van der Waals surface area contributed by atoms with Crippen molar-refractivity contribution in [2.75, 3.05) is 6.54 Å². The normalized spacial score (nSPS) is 15.6. The Morgan fingerprint density at radius 3 is 3.20 bits per heavy atom. The fourth-order valence-corrected chi connectivity index (χ4v) is 1.17. The van der Waals surface area contributed by atoms with Gasteiger partial charge in [0.25, 0.3) is 0 Å². The molecule has 0 aliphatic carbocycles. The van der Waals surface area contributed by atoms with E-state index in [1.807, 2.05) is 6.07 Å². The first-order valence-corrected chi connectivity index (χ1v) is 3.23. The monoisotopic (exact) mass is 243 g/mol. The van der Waals surface area contributed by atoms with Crippen LogP contribution in [0.5, 0.6) is 0 Å². The van der Waals surface area contributed by atoms with Gasteiger partial charge in [0, 0.05) is 49.0 Å². The van der Waals surface area contributed by atoms with E-state index in [4.69, 9.17) is 4.42 Å². The van der Waals surface area contributed by atoms with Crippen molar-refractivity contribution in [3.63, 3.8) is 0 Å². The molecule has 52 valence electrons. The van der Waals surface area contributed by atoms with Gasteiger partial charge in [0.1, 0.15) is 5.76 Å². The van der Waals surface area contributed by atoms with Crippen LogP contribution in [0.25, 0.3) is 0 Å². The van der Waals surface area contributed by atoms with Gasteiger partial charge in [0.2, 0.25) is 0 Å². The predicted molar refractivity (Wildman–Crippen MR) is 39.9 cm³/mol. The molecule has 1 aromatic rings. The molecule has 1 N–H and O–H groups in total. The van der Waals surface area contributed by atoms with Gasteiger partial charge >= 0.3 is 0 Å². The smallest absolute Gasteiger partial charge is 0.109 e. The summed E-state index contributed by atoms with van der Waals surface area (Å²) in [6.45, 7) is 2.03. The Kier molecular flexibility index (Phi) is 2.80. The molecule has 0 unspecified atom stereocenters. The van der Waals surface area contributed by atoms with Crippen molar-refractivity contribution in [3.05, 3.63) is 23.7 Å². The zero-order valence-corrected chi connectivity index (χ0v) is 8.54. The van der Waals surface area contributed by atoms with Crippen LogP contribution in [0.2, 0.25) is 0 Å². The van der Waals surface area contributed by atoms with Crippen molar-refractivity contribution < 1.29 is 4.42 Å². The molecule has 0 bridgehead atoms. The average molecular weight is 242 g/mol. The Hall–Kier alpha value is 0.0387. The van der Waals surface area contributed by atoms with Gasteiger partial charge in [-0.25, -0.2) is 0 Å². The Morgan fingerprint density at radius 1 is 1.50 bits per heavy atom. The summed E-state index contributed by atoms with van der Waals surface area (Å²) in [6.07, 6.45) is 2.81. The SMILES string of the molecule is [Sn].c1cc2c(o1)CCNC2. The molecule has 2 rings (SSSR count). The summed E-state index contributed by atoms with van der Waals surface area (Å²) in [5.74, 6) is 1.16. The minimum Gasteiger partial charge on any atom is -0.469 e. The third-order valence-electron chi connectivity index (χ3n) is 1.68. The van der Waals surface area contributed by atoms with Gasteiger partial charge in [0.15, 0.2) is 0 Å². The number of hydrogen-bond donors (Lipinski definition) is 1. The minimum absolute atomic E-state index is 0. The molecule has 1 aliphatic heterocycles. The van der Waals surface area contributed by atoms with E-state index in [1.165, 1.54) is 5.56 Å². The third kappa shape index (κ3) is 1.37. The van der Waals surface area contributed by atoms with Crippen LogP contribution in [-0.4, -0.2) is 30.5 Å². The number of nitrogens with one attached hydrogen (secondary N) is 1. The number of fused-ring (bicyclic) bond motifs is 1. The van der Waals surface area contributed by atoms with Crippen molar-refractivity contribution in [1.82, 2.24) is 5.32 Å². The maximum atomic E-state index is 5.22. The van der Waals surface area contributed by atoms with E-state index in [2.05, 4.69) is 5.32 Å². The van der Waals surface area contributed by atoms with Gasteiger partial charge in [-0.2, -0.15) is 0 Å². The van der Waals surface area contributed by atoms with Gasteiger partial charge in [0.05, 0.1) is 6.26 Å². The fourth-order valence-electron chi connectivity index (χ4n) is 1.17. The Morgan fingerprint density at radius 2 is 2.40 bits per heavy atom. The Balaban J connectivity index is 0.000000500. The first-order valence-electron chi connectivity index (χ1n) is 3.23. The van der Waals surface area contributed by atoms with Crippen LogP contribution in [0.4, 0.5) is 0 Å². The number of rotatable bonds is 0. The Bertz CT molecular complexity index is 189. The van der Waals surface area contributed by atoms with Crippen molar-refractivity contribution in [2.24, 2.45) is 0 Å². The molecular formula is C7H9NOSn. The summed E-state index contributed by atoms with van der Waals surface area (Å²) in [5.41, 5.74) is 1.32. The zero-order chi connectivity index (χ0) is 6.10. The van der Waals surface area contributed by atoms with Crippen LogP contribution < -0.4 is 5.32 Å². The average Bonchev–Trinajstić information content (AvgIpc) is 2.33. The van der Waals surface area contributed by atoms with Crippen molar-refractivity contribution in [1.29, 1.82) is 0 Å². The quantitative estimate of drug-likeness (QED) is 0.671. The predicted octanol–water partition coefficient (Wildman–Crippen LogP) is 0.544. The molecule has 10 heavy (non-hydrogen) atoms. The maximum Gasteiger partial charge on any atom is 0.109 e. The molecule has 4 radical (unpaired) electrons. The summed E-state index contributed by atoms with van der Waals surface area (Å²) >= 11 is 0. The van der Waals surface area contributed by atoms with Crippen LogP contribution in [0, 0.1) is 0 Å². The van der Waals surface area contributed by atoms with Gasteiger partial charge in [-0.3, -0.25) is 0 Å². The molecule has 0 saturated heterocycles. The molecular weight excluding hydrogens is 233 g/mol. The summed E-state index contributed by atoms with van der Waals surface area (Å²) in [6, 6.07) is 2.03. The molecule has 0 atom stereocenters. The van der Waals surface area contributed by atoms with E-state index in [9.17, 15) is 0 Å². The Labute approximate surface area is 76.9 Å². The van der Waals surface area contributed by atoms with Gasteiger partial charge in [-0.05, 0) is 6.07 Å². The molecule has 1 aliphatic rings. The van der Waals surface area contributed by atoms with Crippen molar-refractivity contribution in [2.45, 2.75) is 13.0 Å². The summed E-state index contributed by atoms with van der Waals surface area (Å²) < 4.78 is 5.22. The van der Waals surface area contributed by atoms with E-state index in [0.717, 1.165) is 25.3 Å². The standard InChI is InChI=1S/C7H9NO.Sn/c1-3-8-5-6-2-4-9-7(1)6;/h2,4,8H,1,3,5H2;. The molecule has 0 spiro atoms. The molecule has 2 heterocycles. The van der Waals surface area contributed by atoms with Crippen LogP contribution >= 0.6 is 0 Å². The minimum atomic E-state index is 0. The van der Waals surface area contributed by atoms with Gasteiger partial charge in [-0.15, -0.1) is 0 Å². The molecule has 3 heteroatoms. The molecule has 1 aromatic heterocycles. The first kappa shape index (κ1) is 8.14. The number of hydrogen-bond acceptors (Lipinski definition) is 2. The van der Waals surface area contributed by atoms with E-state index in [0.29, 0.717) is 0 Å². The first-order chi connectivity index (χ1) is 4.47. The zero-order valence-electron chi connectivity index (χ0n) is 5.68. The topological polar surface area (TPSA) is 25.2 Å². The molecule has 0 amide bonds. The van der Waals surface area contributed by atoms with Crippen LogP contribution in [0.1, 0.15) is 11.3 Å².